The van der Waals surface area contributed by atoms with Gasteiger partial charge in [0.1, 0.15) is 18.8 Å². The molecule has 0 unspecified atom stereocenters. The lowest BCUT2D eigenvalue weighted by molar-refractivity contribution is -0.118. The average Bonchev–Trinajstić information content (AvgIpc) is 2.57. The molecule has 0 bridgehead atoms. The van der Waals surface area contributed by atoms with E-state index in [9.17, 15) is 13.6 Å². The minimum Gasteiger partial charge on any atom is -0.387 e. The van der Waals surface area contributed by atoms with Gasteiger partial charge in [-0.05, 0) is 24.3 Å². The topological polar surface area (TPSA) is 87.1 Å². The number of halogens is 2. The standard InChI is InChI=1S/C16H12F2N4O2/c17-12-5-11-14(6-13(12)18)19-8-20-16(11)22-10-3-1-2-9(4-10)21-15(24)7-23/h1-6,8,23H,7H2,(H,21,24)(H,19,20,22). The van der Waals surface area contributed by atoms with Gasteiger partial charge in [-0.2, -0.15) is 0 Å². The molecule has 2 aromatic carbocycles. The molecule has 1 heterocycles. The maximum atomic E-state index is 13.5. The van der Waals surface area contributed by atoms with Crippen molar-refractivity contribution in [3.63, 3.8) is 0 Å². The zero-order valence-corrected chi connectivity index (χ0v) is 12.3. The molecule has 0 radical (unpaired) electrons. The molecule has 6 nitrogen and oxygen atoms in total. The van der Waals surface area contributed by atoms with E-state index in [1.54, 1.807) is 24.3 Å². The molecule has 0 aliphatic rings. The van der Waals surface area contributed by atoms with Crippen molar-refractivity contribution in [2.45, 2.75) is 0 Å². The number of nitrogens with zero attached hydrogens (tertiary/aromatic N) is 2. The lowest BCUT2D eigenvalue weighted by Crippen LogP contribution is -2.15. The van der Waals surface area contributed by atoms with Crippen molar-refractivity contribution in [2.75, 3.05) is 17.2 Å². The summed E-state index contributed by atoms with van der Waals surface area (Å²) < 4.78 is 26.8. The van der Waals surface area contributed by atoms with Gasteiger partial charge >= 0.3 is 0 Å². The molecule has 0 saturated heterocycles. The minimum atomic E-state index is -0.996. The highest BCUT2D eigenvalue weighted by atomic mass is 19.2. The highest BCUT2D eigenvalue weighted by Crippen LogP contribution is 2.26. The summed E-state index contributed by atoms with van der Waals surface area (Å²) in [5.74, 6) is -2.23. The zero-order valence-electron chi connectivity index (χ0n) is 12.3. The van der Waals surface area contributed by atoms with Gasteiger partial charge in [0.15, 0.2) is 11.6 Å². The van der Waals surface area contributed by atoms with E-state index in [-0.39, 0.29) is 5.52 Å². The number of aliphatic hydroxyl groups is 1. The Hall–Kier alpha value is -3.13. The molecule has 0 fully saturated rings. The zero-order chi connectivity index (χ0) is 17.1. The summed E-state index contributed by atoms with van der Waals surface area (Å²) in [6.45, 7) is -0.626. The number of carbonyl (C=O) groups is 1. The Bertz CT molecular complexity index is 918. The molecule has 1 aromatic heterocycles. The molecule has 122 valence electrons. The van der Waals surface area contributed by atoms with Crippen LogP contribution < -0.4 is 10.6 Å². The van der Waals surface area contributed by atoms with E-state index in [0.717, 1.165) is 12.1 Å². The van der Waals surface area contributed by atoms with Crippen LogP contribution >= 0.6 is 0 Å². The summed E-state index contributed by atoms with van der Waals surface area (Å²) in [6.07, 6.45) is 1.24. The molecule has 0 atom stereocenters. The molecule has 0 aliphatic heterocycles. The maximum Gasteiger partial charge on any atom is 0.250 e. The number of hydrogen-bond acceptors (Lipinski definition) is 5. The number of aliphatic hydroxyl groups excluding tert-OH is 1. The van der Waals surface area contributed by atoms with Crippen molar-refractivity contribution in [1.29, 1.82) is 0 Å². The molecule has 0 aliphatic carbocycles. The van der Waals surface area contributed by atoms with Gasteiger partial charge in [-0.3, -0.25) is 4.79 Å². The van der Waals surface area contributed by atoms with Gasteiger partial charge < -0.3 is 15.7 Å². The number of hydrogen-bond donors (Lipinski definition) is 3. The second-order valence-corrected chi connectivity index (χ2v) is 4.92. The van der Waals surface area contributed by atoms with Crippen molar-refractivity contribution in [1.82, 2.24) is 9.97 Å². The van der Waals surface area contributed by atoms with E-state index < -0.39 is 24.1 Å². The van der Waals surface area contributed by atoms with Crippen LogP contribution in [0.3, 0.4) is 0 Å². The number of rotatable bonds is 4. The van der Waals surface area contributed by atoms with E-state index in [4.69, 9.17) is 5.11 Å². The normalized spacial score (nSPS) is 10.6. The number of aromatic nitrogens is 2. The van der Waals surface area contributed by atoms with E-state index >= 15 is 0 Å². The maximum absolute atomic E-state index is 13.5. The monoisotopic (exact) mass is 330 g/mol. The van der Waals surface area contributed by atoms with E-state index in [2.05, 4.69) is 20.6 Å². The largest absolute Gasteiger partial charge is 0.387 e. The van der Waals surface area contributed by atoms with Gasteiger partial charge in [-0.25, -0.2) is 18.7 Å². The van der Waals surface area contributed by atoms with Crippen molar-refractivity contribution in [3.8, 4) is 0 Å². The first-order valence-electron chi connectivity index (χ1n) is 6.94. The molecule has 0 spiro atoms. The van der Waals surface area contributed by atoms with Crippen LogP contribution in [0.1, 0.15) is 0 Å². The Balaban J connectivity index is 1.94. The Kier molecular flexibility index (Phi) is 4.30. The predicted molar refractivity (Wildman–Crippen MR) is 84.9 cm³/mol. The van der Waals surface area contributed by atoms with Crippen molar-refractivity contribution in [2.24, 2.45) is 0 Å². The molecule has 3 rings (SSSR count). The second kappa shape index (κ2) is 6.55. The van der Waals surface area contributed by atoms with Gasteiger partial charge in [-0.1, -0.05) is 6.07 Å². The van der Waals surface area contributed by atoms with Crippen molar-refractivity contribution >= 4 is 34.0 Å². The molecule has 24 heavy (non-hydrogen) atoms. The first kappa shape index (κ1) is 15.8. The highest BCUT2D eigenvalue weighted by Gasteiger charge is 2.10. The van der Waals surface area contributed by atoms with Crippen LogP contribution in [0.2, 0.25) is 0 Å². The first-order valence-corrected chi connectivity index (χ1v) is 6.94. The molecular weight excluding hydrogens is 318 g/mol. The van der Waals surface area contributed by atoms with Crippen LogP contribution in [0.25, 0.3) is 10.9 Å². The van der Waals surface area contributed by atoms with Gasteiger partial charge in [0.05, 0.1) is 5.52 Å². The summed E-state index contributed by atoms with van der Waals surface area (Å²) in [4.78, 5) is 19.2. The molecule has 8 heteroatoms. The molecule has 1 amide bonds. The fraction of sp³-hybridized carbons (Fsp3) is 0.0625. The third-order valence-electron chi connectivity index (χ3n) is 3.23. The Morgan fingerprint density at radius 3 is 2.62 bits per heavy atom. The molecule has 0 saturated carbocycles. The van der Waals surface area contributed by atoms with Crippen LogP contribution in [0.15, 0.2) is 42.7 Å². The average molecular weight is 330 g/mol. The van der Waals surface area contributed by atoms with Gasteiger partial charge in [0.25, 0.3) is 0 Å². The third kappa shape index (κ3) is 3.28. The van der Waals surface area contributed by atoms with E-state index in [1.165, 1.54) is 6.33 Å². The fourth-order valence-electron chi connectivity index (χ4n) is 2.16. The van der Waals surface area contributed by atoms with Crippen LogP contribution in [0.5, 0.6) is 0 Å². The second-order valence-electron chi connectivity index (χ2n) is 4.92. The Labute approximate surface area is 135 Å². The quantitative estimate of drug-likeness (QED) is 0.684. The lowest BCUT2D eigenvalue weighted by Gasteiger charge is -2.10. The van der Waals surface area contributed by atoms with E-state index in [0.29, 0.717) is 22.6 Å². The summed E-state index contributed by atoms with van der Waals surface area (Å²) in [5, 5.41) is 14.5. The smallest absolute Gasteiger partial charge is 0.250 e. The first-order chi connectivity index (χ1) is 11.6. The number of amides is 1. The van der Waals surface area contributed by atoms with Gasteiger partial charge in [-0.15, -0.1) is 0 Å². The SMILES string of the molecule is O=C(CO)Nc1cccc(Nc2ncnc3cc(F)c(F)cc23)c1. The number of carbonyl (C=O) groups excluding carboxylic acids is 1. The lowest BCUT2D eigenvalue weighted by atomic mass is 10.2. The Morgan fingerprint density at radius 2 is 1.83 bits per heavy atom. The molecule has 3 N–H and O–H groups in total. The molecular formula is C16H12F2N4O2. The van der Waals surface area contributed by atoms with Crippen LogP contribution in [-0.4, -0.2) is 27.6 Å². The number of benzene rings is 2. The van der Waals surface area contributed by atoms with E-state index in [1.807, 2.05) is 0 Å². The predicted octanol–water partition coefficient (Wildman–Crippen LogP) is 2.58. The summed E-state index contributed by atoms with van der Waals surface area (Å²) in [5.41, 5.74) is 1.29. The fourth-order valence-corrected chi connectivity index (χ4v) is 2.16. The number of anilines is 3. The Morgan fingerprint density at radius 1 is 1.08 bits per heavy atom. The number of fused-ring (bicyclic) bond motifs is 1. The minimum absolute atomic E-state index is 0.260. The summed E-state index contributed by atoms with van der Waals surface area (Å²) in [7, 11) is 0. The third-order valence-corrected chi connectivity index (χ3v) is 3.23. The molecule has 3 aromatic rings. The van der Waals surface area contributed by atoms with Crippen LogP contribution in [0, 0.1) is 11.6 Å². The van der Waals surface area contributed by atoms with Gasteiger partial charge in [0.2, 0.25) is 5.91 Å². The van der Waals surface area contributed by atoms with Gasteiger partial charge in [0, 0.05) is 22.8 Å². The van der Waals surface area contributed by atoms with Crippen LogP contribution in [-0.2, 0) is 4.79 Å². The highest BCUT2D eigenvalue weighted by molar-refractivity contribution is 5.93. The summed E-state index contributed by atoms with van der Waals surface area (Å²) >= 11 is 0. The summed E-state index contributed by atoms with van der Waals surface area (Å²) in [6, 6.07) is 8.66. The van der Waals surface area contributed by atoms with Crippen molar-refractivity contribution < 1.29 is 18.7 Å². The number of nitrogens with one attached hydrogen (secondary N) is 2. The van der Waals surface area contributed by atoms with Crippen molar-refractivity contribution in [3.05, 3.63) is 54.4 Å². The van der Waals surface area contributed by atoms with Crippen LogP contribution in [0.4, 0.5) is 26.0 Å².